The van der Waals surface area contributed by atoms with Crippen LogP contribution in [0, 0.1) is 6.92 Å². The van der Waals surface area contributed by atoms with Crippen molar-refractivity contribution in [2.45, 2.75) is 6.92 Å². The average molecular weight is 416 g/mol. The van der Waals surface area contributed by atoms with Crippen LogP contribution in [0.3, 0.4) is 0 Å². The minimum atomic E-state index is -0.387. The number of hydrogen-bond donors (Lipinski definition) is 2. The average Bonchev–Trinajstić information content (AvgIpc) is 2.74. The molecule has 0 saturated carbocycles. The van der Waals surface area contributed by atoms with E-state index in [1.165, 1.54) is 6.07 Å². The summed E-state index contributed by atoms with van der Waals surface area (Å²) in [5.41, 5.74) is 3.04. The van der Waals surface area contributed by atoms with Gasteiger partial charge in [-0.15, -0.1) is 5.11 Å². The lowest BCUT2D eigenvalue weighted by atomic mass is 10.0. The number of nitrogens with zero attached hydrogens (tertiary/aromatic N) is 2. The summed E-state index contributed by atoms with van der Waals surface area (Å²) >= 11 is 6.05. The number of carbonyl (C=O) groups excluding carboxylic acids is 1. The van der Waals surface area contributed by atoms with E-state index in [0.717, 1.165) is 10.9 Å². The van der Waals surface area contributed by atoms with Gasteiger partial charge in [0.15, 0.2) is 0 Å². The lowest BCUT2D eigenvalue weighted by Gasteiger charge is -2.09. The van der Waals surface area contributed by atoms with E-state index in [2.05, 4.69) is 15.5 Å². The predicted molar refractivity (Wildman–Crippen MR) is 120 cm³/mol. The van der Waals surface area contributed by atoms with Gasteiger partial charge in [-0.2, -0.15) is 5.11 Å². The van der Waals surface area contributed by atoms with Crippen LogP contribution in [0.4, 0.5) is 17.1 Å². The quantitative estimate of drug-likeness (QED) is 0.346. The number of benzene rings is 4. The molecular weight excluding hydrogens is 398 g/mol. The van der Waals surface area contributed by atoms with Crippen molar-refractivity contribution in [3.05, 3.63) is 95.0 Å². The molecule has 5 nitrogen and oxygen atoms in total. The Morgan fingerprint density at radius 3 is 2.47 bits per heavy atom. The first kappa shape index (κ1) is 19.6. The topological polar surface area (TPSA) is 74.0 Å². The van der Waals surface area contributed by atoms with Crippen molar-refractivity contribution in [2.75, 3.05) is 5.32 Å². The maximum Gasteiger partial charge on any atom is 0.259 e. The SMILES string of the molecule is Cc1ccc(Cl)cc1N=Nc1cccc2cc(C(=O)Nc3ccccc3)c(O)cc12. The number of phenols is 1. The largest absolute Gasteiger partial charge is 0.507 e. The van der Waals surface area contributed by atoms with Crippen LogP contribution in [0.25, 0.3) is 10.8 Å². The number of rotatable bonds is 4. The van der Waals surface area contributed by atoms with Gasteiger partial charge in [-0.1, -0.05) is 48.0 Å². The fourth-order valence-electron chi connectivity index (χ4n) is 3.08. The standard InChI is InChI=1S/C24H18ClN3O2/c1-15-10-11-17(25)13-22(15)28-27-21-9-5-6-16-12-20(23(29)14-19(16)21)24(30)26-18-7-3-2-4-8-18/h2-14,29H,1H3,(H,26,30). The molecule has 0 heterocycles. The molecule has 0 fully saturated rings. The van der Waals surface area contributed by atoms with E-state index in [1.54, 1.807) is 36.4 Å². The van der Waals surface area contributed by atoms with Gasteiger partial charge >= 0.3 is 0 Å². The predicted octanol–water partition coefficient (Wildman–Crippen LogP) is 7.17. The summed E-state index contributed by atoms with van der Waals surface area (Å²) in [6.07, 6.45) is 0. The Morgan fingerprint density at radius 2 is 1.67 bits per heavy atom. The Bertz CT molecular complexity index is 1270. The summed E-state index contributed by atoms with van der Waals surface area (Å²) in [5.74, 6) is -0.514. The number of hydrogen-bond acceptors (Lipinski definition) is 4. The second-order valence-corrected chi connectivity index (χ2v) is 7.26. The van der Waals surface area contributed by atoms with Gasteiger partial charge in [0.25, 0.3) is 5.91 Å². The third-order valence-corrected chi connectivity index (χ3v) is 4.92. The van der Waals surface area contributed by atoms with Crippen molar-refractivity contribution < 1.29 is 9.90 Å². The molecule has 0 aliphatic heterocycles. The fraction of sp³-hybridized carbons (Fsp3) is 0.0417. The first-order valence-electron chi connectivity index (χ1n) is 9.31. The minimum Gasteiger partial charge on any atom is -0.507 e. The summed E-state index contributed by atoms with van der Waals surface area (Å²) in [7, 11) is 0. The highest BCUT2D eigenvalue weighted by atomic mass is 35.5. The monoisotopic (exact) mass is 415 g/mol. The number of para-hydroxylation sites is 1. The van der Waals surface area contributed by atoms with Gasteiger partial charge in [0.1, 0.15) is 5.75 Å². The summed E-state index contributed by atoms with van der Waals surface area (Å²) in [5, 5.41) is 24.0. The number of azo groups is 1. The molecule has 30 heavy (non-hydrogen) atoms. The molecule has 0 aliphatic carbocycles. The van der Waals surface area contributed by atoms with Gasteiger partial charge in [0.2, 0.25) is 0 Å². The van der Waals surface area contributed by atoms with Crippen molar-refractivity contribution in [3.63, 3.8) is 0 Å². The Labute approximate surface area is 178 Å². The fourth-order valence-corrected chi connectivity index (χ4v) is 3.25. The zero-order valence-electron chi connectivity index (χ0n) is 16.1. The summed E-state index contributed by atoms with van der Waals surface area (Å²) < 4.78 is 0. The van der Waals surface area contributed by atoms with Crippen molar-refractivity contribution in [3.8, 4) is 5.75 Å². The minimum absolute atomic E-state index is 0.127. The number of fused-ring (bicyclic) bond motifs is 1. The smallest absolute Gasteiger partial charge is 0.259 e. The lowest BCUT2D eigenvalue weighted by molar-refractivity contribution is 0.102. The van der Waals surface area contributed by atoms with E-state index in [-0.39, 0.29) is 17.2 Å². The number of anilines is 1. The van der Waals surface area contributed by atoms with Gasteiger partial charge < -0.3 is 10.4 Å². The molecule has 4 rings (SSSR count). The van der Waals surface area contributed by atoms with E-state index in [1.807, 2.05) is 43.3 Å². The molecule has 0 aliphatic rings. The molecule has 0 unspecified atom stereocenters. The molecule has 2 N–H and O–H groups in total. The Balaban J connectivity index is 1.69. The van der Waals surface area contributed by atoms with Crippen molar-refractivity contribution >= 4 is 45.3 Å². The highest BCUT2D eigenvalue weighted by Crippen LogP contribution is 2.34. The van der Waals surface area contributed by atoms with E-state index in [9.17, 15) is 9.90 Å². The van der Waals surface area contributed by atoms with Crippen molar-refractivity contribution in [1.29, 1.82) is 0 Å². The maximum absolute atomic E-state index is 12.6. The third-order valence-electron chi connectivity index (χ3n) is 4.69. The highest BCUT2D eigenvalue weighted by molar-refractivity contribution is 6.30. The third kappa shape index (κ3) is 4.16. The van der Waals surface area contributed by atoms with Crippen LogP contribution in [0.2, 0.25) is 5.02 Å². The molecule has 0 saturated heterocycles. The molecule has 0 aromatic heterocycles. The van der Waals surface area contributed by atoms with Crippen LogP contribution in [-0.2, 0) is 0 Å². The number of nitrogens with one attached hydrogen (secondary N) is 1. The van der Waals surface area contributed by atoms with Gasteiger partial charge in [-0.25, -0.2) is 0 Å². The molecule has 4 aromatic rings. The number of aryl methyl sites for hydroxylation is 1. The molecule has 0 bridgehead atoms. The normalized spacial score (nSPS) is 11.1. The molecule has 1 amide bonds. The number of amides is 1. The van der Waals surface area contributed by atoms with Crippen LogP contribution < -0.4 is 5.32 Å². The molecule has 6 heteroatoms. The zero-order chi connectivity index (χ0) is 21.1. The van der Waals surface area contributed by atoms with Crippen molar-refractivity contribution in [2.24, 2.45) is 10.2 Å². The first-order valence-corrected chi connectivity index (χ1v) is 9.69. The number of carbonyl (C=O) groups is 1. The van der Waals surface area contributed by atoms with E-state index in [0.29, 0.717) is 27.5 Å². The van der Waals surface area contributed by atoms with Crippen LogP contribution in [0.5, 0.6) is 5.75 Å². The van der Waals surface area contributed by atoms with Gasteiger partial charge in [-0.3, -0.25) is 4.79 Å². The maximum atomic E-state index is 12.6. The second-order valence-electron chi connectivity index (χ2n) is 6.82. The molecular formula is C24H18ClN3O2. The van der Waals surface area contributed by atoms with Crippen LogP contribution in [-0.4, -0.2) is 11.0 Å². The second kappa shape index (κ2) is 8.35. The van der Waals surface area contributed by atoms with E-state index in [4.69, 9.17) is 11.6 Å². The Morgan fingerprint density at radius 1 is 0.900 bits per heavy atom. The summed E-state index contributed by atoms with van der Waals surface area (Å²) in [6.45, 7) is 1.93. The van der Waals surface area contributed by atoms with Gasteiger partial charge in [-0.05, 0) is 60.3 Å². The lowest BCUT2D eigenvalue weighted by Crippen LogP contribution is -2.12. The molecule has 0 radical (unpaired) electrons. The molecule has 0 atom stereocenters. The van der Waals surface area contributed by atoms with Gasteiger partial charge in [0.05, 0.1) is 16.9 Å². The molecule has 0 spiro atoms. The number of phenolic OH excluding ortho intramolecular Hbond substituents is 1. The Kier molecular flexibility index (Phi) is 5.46. The van der Waals surface area contributed by atoms with E-state index < -0.39 is 0 Å². The van der Waals surface area contributed by atoms with Crippen LogP contribution >= 0.6 is 11.6 Å². The number of aromatic hydroxyl groups is 1. The van der Waals surface area contributed by atoms with Crippen LogP contribution in [0.15, 0.2) is 89.1 Å². The van der Waals surface area contributed by atoms with Crippen LogP contribution in [0.1, 0.15) is 15.9 Å². The molecule has 4 aromatic carbocycles. The summed E-state index contributed by atoms with van der Waals surface area (Å²) in [6, 6.07) is 23.2. The Hall–Kier alpha value is -3.70. The highest BCUT2D eigenvalue weighted by Gasteiger charge is 2.14. The van der Waals surface area contributed by atoms with E-state index >= 15 is 0 Å². The van der Waals surface area contributed by atoms with Gasteiger partial charge in [0, 0.05) is 16.1 Å². The molecule has 148 valence electrons. The first-order chi connectivity index (χ1) is 14.5. The summed E-state index contributed by atoms with van der Waals surface area (Å²) in [4.78, 5) is 12.6. The van der Waals surface area contributed by atoms with Crippen molar-refractivity contribution in [1.82, 2.24) is 0 Å². The number of halogens is 1. The zero-order valence-corrected chi connectivity index (χ0v) is 16.9.